The van der Waals surface area contributed by atoms with Crippen molar-refractivity contribution in [3.8, 4) is 0 Å². The van der Waals surface area contributed by atoms with Gasteiger partial charge in [-0.3, -0.25) is 19.8 Å². The Labute approximate surface area is 138 Å². The second-order valence-electron chi connectivity index (χ2n) is 7.90. The van der Waals surface area contributed by atoms with Crippen LogP contribution in [0.1, 0.15) is 52.4 Å². The second kappa shape index (κ2) is 7.15. The highest BCUT2D eigenvalue weighted by molar-refractivity contribution is 5.83. The molecule has 0 aromatic carbocycles. The van der Waals surface area contributed by atoms with Gasteiger partial charge in [0, 0.05) is 24.5 Å². The summed E-state index contributed by atoms with van der Waals surface area (Å²) < 4.78 is 0. The van der Waals surface area contributed by atoms with E-state index in [0.717, 1.165) is 31.8 Å². The third kappa shape index (κ3) is 3.77. The summed E-state index contributed by atoms with van der Waals surface area (Å²) in [4.78, 5) is 17.7. The van der Waals surface area contributed by atoms with E-state index in [1.54, 1.807) is 0 Å². The van der Waals surface area contributed by atoms with Crippen molar-refractivity contribution < 1.29 is 10.0 Å². The van der Waals surface area contributed by atoms with Gasteiger partial charge in [0.15, 0.2) is 0 Å². The summed E-state index contributed by atoms with van der Waals surface area (Å²) in [5, 5.41) is 20.0. The maximum atomic E-state index is 12.7. The van der Waals surface area contributed by atoms with E-state index in [-0.39, 0.29) is 17.2 Å². The molecule has 6 heteroatoms. The number of hydrogen-bond acceptors (Lipinski definition) is 6. The van der Waals surface area contributed by atoms with Gasteiger partial charge >= 0.3 is 0 Å². The number of piperidine rings is 1. The number of rotatable bonds is 4. The fourth-order valence-corrected chi connectivity index (χ4v) is 4.65. The predicted molar refractivity (Wildman–Crippen MR) is 87.7 cm³/mol. The topological polar surface area (TPSA) is 70.1 Å². The molecule has 1 N–H and O–H groups in total. The van der Waals surface area contributed by atoms with Crippen LogP contribution in [0.3, 0.4) is 0 Å². The van der Waals surface area contributed by atoms with Gasteiger partial charge in [0.05, 0.1) is 12.7 Å². The normalized spacial score (nSPS) is 39.6. The molecule has 23 heavy (non-hydrogen) atoms. The number of fused-ring (bicyclic) bond motifs is 1. The van der Waals surface area contributed by atoms with Crippen LogP contribution in [0.5, 0.6) is 0 Å². The SMILES string of the molecule is CC1CCN2CC(C)N(CC(=O)C3CCC(N([O-])O)CC3)C2C1. The summed E-state index contributed by atoms with van der Waals surface area (Å²) in [6.45, 7) is 7.32. The standard InChI is InChI=1S/C17H30N3O3/c1-12-7-8-18-10-13(2)19(17(18)9-12)11-16(21)14-3-5-15(6-4-14)20(22)23/h12-15,17,22H,3-11H2,1-2H3/q-1. The van der Waals surface area contributed by atoms with Crippen molar-refractivity contribution in [1.29, 1.82) is 0 Å². The van der Waals surface area contributed by atoms with Crippen LogP contribution in [0.15, 0.2) is 0 Å². The molecule has 0 bridgehead atoms. The van der Waals surface area contributed by atoms with Gasteiger partial charge in [-0.25, -0.2) is 0 Å². The molecule has 1 aliphatic carbocycles. The van der Waals surface area contributed by atoms with E-state index in [1.807, 2.05) is 0 Å². The number of hydrogen-bond donors (Lipinski definition) is 1. The smallest absolute Gasteiger partial charge is 0.149 e. The minimum Gasteiger partial charge on any atom is -0.762 e. The van der Waals surface area contributed by atoms with E-state index >= 15 is 0 Å². The Hall–Kier alpha value is -0.530. The molecule has 6 nitrogen and oxygen atoms in total. The van der Waals surface area contributed by atoms with Gasteiger partial charge in [-0.1, -0.05) is 6.92 Å². The highest BCUT2D eigenvalue weighted by Gasteiger charge is 2.41. The van der Waals surface area contributed by atoms with Gasteiger partial charge in [-0.2, -0.15) is 0 Å². The van der Waals surface area contributed by atoms with Crippen molar-refractivity contribution in [3.05, 3.63) is 5.21 Å². The van der Waals surface area contributed by atoms with Crippen LogP contribution in [-0.4, -0.2) is 63.9 Å². The Morgan fingerprint density at radius 1 is 1.22 bits per heavy atom. The Morgan fingerprint density at radius 3 is 2.57 bits per heavy atom. The maximum Gasteiger partial charge on any atom is 0.149 e. The van der Waals surface area contributed by atoms with Crippen LogP contribution >= 0.6 is 0 Å². The molecule has 0 amide bonds. The van der Waals surface area contributed by atoms with Crippen molar-refractivity contribution in [2.24, 2.45) is 11.8 Å². The van der Waals surface area contributed by atoms with Gasteiger partial charge in [0.25, 0.3) is 0 Å². The summed E-state index contributed by atoms with van der Waals surface area (Å²) in [7, 11) is 0. The first kappa shape index (κ1) is 17.3. The van der Waals surface area contributed by atoms with E-state index in [1.165, 1.54) is 12.8 Å². The molecule has 2 aliphatic heterocycles. The van der Waals surface area contributed by atoms with E-state index in [0.29, 0.717) is 37.4 Å². The first-order valence-corrected chi connectivity index (χ1v) is 9.13. The van der Waals surface area contributed by atoms with Gasteiger partial charge in [0.2, 0.25) is 0 Å². The largest absolute Gasteiger partial charge is 0.762 e. The van der Waals surface area contributed by atoms with E-state index in [2.05, 4.69) is 23.6 Å². The first-order valence-electron chi connectivity index (χ1n) is 9.13. The Kier molecular flexibility index (Phi) is 5.38. The van der Waals surface area contributed by atoms with Crippen LogP contribution in [-0.2, 0) is 4.79 Å². The second-order valence-corrected chi connectivity index (χ2v) is 7.90. The number of Topliss-reactive ketones (excluding diaryl/α,β-unsaturated/α-hetero) is 1. The van der Waals surface area contributed by atoms with Crippen molar-refractivity contribution in [1.82, 2.24) is 15.0 Å². The summed E-state index contributed by atoms with van der Waals surface area (Å²) in [5.74, 6) is 1.13. The quantitative estimate of drug-likeness (QED) is 0.798. The van der Waals surface area contributed by atoms with Crippen LogP contribution in [0.4, 0.5) is 0 Å². The number of ketones is 1. The Balaban J connectivity index is 1.55. The first-order chi connectivity index (χ1) is 11.0. The minimum absolute atomic E-state index is 0.0634. The zero-order valence-corrected chi connectivity index (χ0v) is 14.4. The molecule has 2 saturated heterocycles. The monoisotopic (exact) mass is 324 g/mol. The predicted octanol–water partition coefficient (Wildman–Crippen LogP) is 2.07. The number of hydroxylamine groups is 2. The third-order valence-electron chi connectivity index (χ3n) is 6.19. The molecule has 0 aromatic rings. The fourth-order valence-electron chi connectivity index (χ4n) is 4.65. The molecule has 132 valence electrons. The molecule has 3 aliphatic rings. The van der Waals surface area contributed by atoms with Crippen LogP contribution in [0, 0.1) is 17.0 Å². The van der Waals surface area contributed by atoms with E-state index in [4.69, 9.17) is 5.21 Å². The fraction of sp³-hybridized carbons (Fsp3) is 0.941. The molecule has 0 spiro atoms. The lowest BCUT2D eigenvalue weighted by atomic mass is 9.83. The highest BCUT2D eigenvalue weighted by atomic mass is 16.8. The molecular formula is C17H30N3O3-. The molecule has 0 radical (unpaired) electrons. The molecule has 3 atom stereocenters. The average Bonchev–Trinajstić information content (AvgIpc) is 2.83. The lowest BCUT2D eigenvalue weighted by Gasteiger charge is -2.39. The molecule has 2 heterocycles. The van der Waals surface area contributed by atoms with E-state index in [9.17, 15) is 10.0 Å². The van der Waals surface area contributed by atoms with Gasteiger partial charge in [-0.05, 0) is 57.9 Å². The lowest BCUT2D eigenvalue weighted by molar-refractivity contribution is -0.129. The van der Waals surface area contributed by atoms with Gasteiger partial charge in [-0.15, -0.1) is 0 Å². The van der Waals surface area contributed by atoms with Crippen LogP contribution in [0.25, 0.3) is 0 Å². The van der Waals surface area contributed by atoms with Crippen molar-refractivity contribution in [2.45, 2.75) is 70.6 Å². The van der Waals surface area contributed by atoms with E-state index < -0.39 is 0 Å². The highest BCUT2D eigenvalue weighted by Crippen LogP contribution is 2.33. The van der Waals surface area contributed by atoms with Crippen molar-refractivity contribution >= 4 is 5.78 Å². The van der Waals surface area contributed by atoms with Crippen molar-refractivity contribution in [2.75, 3.05) is 19.6 Å². The Bertz CT molecular complexity index is 423. The maximum absolute atomic E-state index is 12.7. The molecule has 3 unspecified atom stereocenters. The number of carbonyl (C=O) groups excluding carboxylic acids is 1. The summed E-state index contributed by atoms with van der Waals surface area (Å²) in [5.41, 5.74) is 0. The van der Waals surface area contributed by atoms with Gasteiger partial charge < -0.3 is 10.4 Å². The lowest BCUT2D eigenvalue weighted by Crippen LogP contribution is -2.47. The number of carbonyl (C=O) groups is 1. The third-order valence-corrected chi connectivity index (χ3v) is 6.19. The molecule has 3 rings (SSSR count). The summed E-state index contributed by atoms with van der Waals surface area (Å²) in [6.07, 6.45) is 5.58. The number of nitrogens with zero attached hydrogens (tertiary/aromatic N) is 3. The van der Waals surface area contributed by atoms with Crippen LogP contribution in [0.2, 0.25) is 0 Å². The Morgan fingerprint density at radius 2 is 1.91 bits per heavy atom. The summed E-state index contributed by atoms with van der Waals surface area (Å²) in [6, 6.07) is 0.125. The summed E-state index contributed by atoms with van der Waals surface area (Å²) >= 11 is 0. The van der Waals surface area contributed by atoms with Crippen molar-refractivity contribution in [3.63, 3.8) is 0 Å². The zero-order chi connectivity index (χ0) is 16.6. The zero-order valence-electron chi connectivity index (χ0n) is 14.4. The minimum atomic E-state index is -0.320. The van der Waals surface area contributed by atoms with Gasteiger partial charge in [0.1, 0.15) is 5.78 Å². The molecule has 3 fully saturated rings. The average molecular weight is 324 g/mol. The molecule has 1 saturated carbocycles. The molecular weight excluding hydrogens is 294 g/mol. The molecule has 0 aromatic heterocycles. The van der Waals surface area contributed by atoms with Crippen LogP contribution < -0.4 is 0 Å².